The summed E-state index contributed by atoms with van der Waals surface area (Å²) >= 11 is 5.76. The van der Waals surface area contributed by atoms with Gasteiger partial charge in [-0.05, 0) is 36.4 Å². The molecular formula is C14H13ClNO4Re-7. The standard InChI is InChI=1S/C13H10ClNO.CH3.3O.Re/c14-11-5-7-12(8-6-11)15-9-10-3-1-2-4-13(10)16;;;;;/h1-9,16H;1H3;;;;/q;-1;3*-2;. The molecule has 0 aliphatic heterocycles. The molecule has 0 heterocycles. The van der Waals surface area contributed by atoms with Gasteiger partial charge in [0.15, 0.2) is 0 Å². The zero-order valence-electron chi connectivity index (χ0n) is 11.1. The number of aromatic hydroxyl groups is 1. The van der Waals surface area contributed by atoms with Crippen LogP contribution in [-0.4, -0.2) is 11.3 Å². The molecule has 1 radical (unpaired) electrons. The van der Waals surface area contributed by atoms with Crippen molar-refractivity contribution in [3.05, 3.63) is 66.5 Å². The number of phenols is 1. The number of benzene rings is 2. The monoisotopic (exact) mass is 481 g/mol. The molecule has 0 amide bonds. The number of phenolic OH excluding ortho intramolecular Hbond substituents is 1. The summed E-state index contributed by atoms with van der Waals surface area (Å²) in [5.74, 6) is 0.222. The van der Waals surface area contributed by atoms with Crippen molar-refractivity contribution in [2.45, 2.75) is 0 Å². The molecule has 5 nitrogen and oxygen atoms in total. The van der Waals surface area contributed by atoms with Gasteiger partial charge < -0.3 is 29.0 Å². The Morgan fingerprint density at radius 2 is 1.43 bits per heavy atom. The first-order chi connectivity index (χ1) is 7.75. The maximum Gasteiger partial charge on any atom is 0.124 e. The van der Waals surface area contributed by atoms with Crippen molar-refractivity contribution in [3.63, 3.8) is 0 Å². The van der Waals surface area contributed by atoms with E-state index in [9.17, 15) is 5.11 Å². The number of rotatable bonds is 2. The van der Waals surface area contributed by atoms with Crippen molar-refractivity contribution in [2.75, 3.05) is 0 Å². The van der Waals surface area contributed by atoms with Crippen LogP contribution in [0.3, 0.4) is 0 Å². The largest absolute Gasteiger partial charge is 2.00 e. The first kappa shape index (κ1) is 28.0. The Kier molecular flexibility index (Phi) is 18.3. The molecule has 1 N–H and O–H groups in total. The van der Waals surface area contributed by atoms with E-state index >= 15 is 0 Å². The summed E-state index contributed by atoms with van der Waals surface area (Å²) in [7, 11) is 0. The van der Waals surface area contributed by atoms with E-state index in [1.54, 1.807) is 36.5 Å². The van der Waals surface area contributed by atoms with E-state index in [-0.39, 0.29) is 50.0 Å². The van der Waals surface area contributed by atoms with E-state index in [4.69, 9.17) is 11.6 Å². The van der Waals surface area contributed by atoms with Gasteiger partial charge in [0.05, 0.1) is 5.69 Å². The predicted molar refractivity (Wildman–Crippen MR) is 75.3 cm³/mol. The Balaban J connectivity index is -0.000000289. The van der Waals surface area contributed by atoms with Gasteiger partial charge in [0.25, 0.3) is 0 Å². The van der Waals surface area contributed by atoms with Gasteiger partial charge in [-0.1, -0.05) is 23.7 Å². The Hall–Kier alpha value is -1.26. The second-order valence-electron chi connectivity index (χ2n) is 3.29. The van der Waals surface area contributed by atoms with Crippen LogP contribution in [0.4, 0.5) is 5.69 Å². The van der Waals surface area contributed by atoms with Gasteiger partial charge >= 0.3 is 0 Å². The summed E-state index contributed by atoms with van der Waals surface area (Å²) in [5.41, 5.74) is 1.49. The molecule has 0 atom stereocenters. The minimum absolute atomic E-state index is 0. The number of para-hydroxylation sites is 1. The van der Waals surface area contributed by atoms with Crippen molar-refractivity contribution in [2.24, 2.45) is 4.99 Å². The van der Waals surface area contributed by atoms with Crippen LogP contribution in [0.1, 0.15) is 5.56 Å². The molecule has 0 aromatic heterocycles. The Morgan fingerprint density at radius 1 is 0.905 bits per heavy atom. The smallest absolute Gasteiger partial charge is 0.124 e. The van der Waals surface area contributed by atoms with Crippen LogP contribution < -0.4 is 0 Å². The molecule has 7 heteroatoms. The zero-order valence-corrected chi connectivity index (χ0v) is 14.5. The molecule has 119 valence electrons. The van der Waals surface area contributed by atoms with Gasteiger partial charge in [-0.15, -0.1) is 0 Å². The van der Waals surface area contributed by atoms with E-state index in [0.29, 0.717) is 10.6 Å². The maximum absolute atomic E-state index is 9.52. The third-order valence-corrected chi connectivity index (χ3v) is 2.37. The van der Waals surface area contributed by atoms with Crippen molar-refractivity contribution in [1.82, 2.24) is 0 Å². The van der Waals surface area contributed by atoms with Crippen LogP contribution in [-0.2, 0) is 36.9 Å². The molecule has 0 spiro atoms. The topological polar surface area (TPSA) is 118 Å². The fourth-order valence-electron chi connectivity index (χ4n) is 1.27. The third-order valence-electron chi connectivity index (χ3n) is 2.12. The molecule has 21 heavy (non-hydrogen) atoms. The van der Waals surface area contributed by atoms with Crippen LogP contribution in [0.2, 0.25) is 5.02 Å². The third kappa shape index (κ3) is 8.58. The summed E-state index contributed by atoms with van der Waals surface area (Å²) in [6.07, 6.45) is 1.62. The molecule has 2 aromatic carbocycles. The van der Waals surface area contributed by atoms with Crippen molar-refractivity contribution < 1.29 is 42.0 Å². The minimum Gasteiger partial charge on any atom is -2.00 e. The van der Waals surface area contributed by atoms with E-state index in [1.807, 2.05) is 18.2 Å². The van der Waals surface area contributed by atoms with Gasteiger partial charge in [0.1, 0.15) is 5.75 Å². The fourth-order valence-corrected chi connectivity index (χ4v) is 1.39. The predicted octanol–water partition coefficient (Wildman–Crippen LogP) is 3.89. The van der Waals surface area contributed by atoms with Crippen molar-refractivity contribution in [1.29, 1.82) is 0 Å². The summed E-state index contributed by atoms with van der Waals surface area (Å²) in [6, 6.07) is 14.2. The molecule has 0 aliphatic carbocycles. The maximum atomic E-state index is 9.52. The number of hydrogen-bond donors (Lipinski definition) is 1. The Bertz CT molecular complexity index is 521. The summed E-state index contributed by atoms with van der Waals surface area (Å²) < 4.78 is 0. The second kappa shape index (κ2) is 13.7. The van der Waals surface area contributed by atoms with Crippen LogP contribution in [0.5, 0.6) is 5.75 Å². The van der Waals surface area contributed by atoms with Gasteiger partial charge in [-0.3, -0.25) is 4.99 Å². The summed E-state index contributed by atoms with van der Waals surface area (Å²) in [5, 5.41) is 10.2. The van der Waals surface area contributed by atoms with Gasteiger partial charge in [0.2, 0.25) is 0 Å². The average molecular weight is 481 g/mol. The summed E-state index contributed by atoms with van der Waals surface area (Å²) in [4.78, 5) is 4.23. The van der Waals surface area contributed by atoms with Crippen LogP contribution >= 0.6 is 11.6 Å². The van der Waals surface area contributed by atoms with Crippen LogP contribution in [0, 0.1) is 7.43 Å². The van der Waals surface area contributed by atoms with E-state index < -0.39 is 0 Å². The molecule has 0 bridgehead atoms. The molecule has 0 aliphatic rings. The fraction of sp³-hybridized carbons (Fsp3) is 0. The Morgan fingerprint density at radius 3 is 1.95 bits per heavy atom. The summed E-state index contributed by atoms with van der Waals surface area (Å²) in [6.45, 7) is 0. The molecule has 0 saturated heterocycles. The number of aliphatic imine (C=N–C) groups is 1. The normalized spacial score (nSPS) is 8.24. The van der Waals surface area contributed by atoms with Crippen molar-refractivity contribution >= 4 is 23.5 Å². The molecule has 0 unspecified atom stereocenters. The van der Waals surface area contributed by atoms with Crippen LogP contribution in [0.15, 0.2) is 53.5 Å². The van der Waals surface area contributed by atoms with E-state index in [2.05, 4.69) is 4.99 Å². The quantitative estimate of drug-likeness (QED) is 0.509. The van der Waals surface area contributed by atoms with E-state index in [0.717, 1.165) is 5.69 Å². The van der Waals surface area contributed by atoms with E-state index in [1.165, 1.54) is 0 Å². The molecule has 2 rings (SSSR count). The minimum atomic E-state index is 0. The zero-order chi connectivity index (χ0) is 11.4. The number of halogens is 1. The average Bonchev–Trinajstić information content (AvgIpc) is 2.30. The molecular weight excluding hydrogens is 468 g/mol. The molecule has 0 fully saturated rings. The molecule has 2 aromatic rings. The van der Waals surface area contributed by atoms with Crippen LogP contribution in [0.25, 0.3) is 0 Å². The number of hydrogen-bond acceptors (Lipinski definition) is 2. The first-order valence-corrected chi connectivity index (χ1v) is 5.21. The SMILES string of the molecule is Oc1ccccc1C=Nc1ccc(Cl)cc1.[CH3-].[O-2].[O-2].[O-2].[Re]. The second-order valence-corrected chi connectivity index (χ2v) is 3.73. The first-order valence-electron chi connectivity index (χ1n) is 4.83. The van der Waals surface area contributed by atoms with Gasteiger partial charge in [-0.2, -0.15) is 0 Å². The van der Waals surface area contributed by atoms with Gasteiger partial charge in [0, 0.05) is 37.2 Å². The van der Waals surface area contributed by atoms with Gasteiger partial charge in [-0.25, -0.2) is 0 Å². The molecule has 0 saturated carbocycles. The number of nitrogens with zero attached hydrogens (tertiary/aromatic N) is 1. The van der Waals surface area contributed by atoms with Crippen molar-refractivity contribution in [3.8, 4) is 5.75 Å². The Labute approximate surface area is 142 Å².